The quantitative estimate of drug-likeness (QED) is 0.527. The van der Waals surface area contributed by atoms with Crippen molar-refractivity contribution in [2.45, 2.75) is 69.2 Å². The van der Waals surface area contributed by atoms with Crippen molar-refractivity contribution in [3.8, 4) is 0 Å². The lowest BCUT2D eigenvalue weighted by molar-refractivity contribution is -0.131. The highest BCUT2D eigenvalue weighted by Crippen LogP contribution is 2.57. The molecule has 2 amide bonds. The second-order valence-electron chi connectivity index (χ2n) is 11.1. The number of primary amides is 1. The Balaban J connectivity index is 1.52. The van der Waals surface area contributed by atoms with E-state index in [0.29, 0.717) is 17.2 Å². The Morgan fingerprint density at radius 1 is 1.11 bits per heavy atom. The number of hydrogen-bond donors (Lipinski definition) is 3. The molecule has 2 aromatic rings. The van der Waals surface area contributed by atoms with Gasteiger partial charge in [-0.2, -0.15) is 0 Å². The van der Waals surface area contributed by atoms with E-state index < -0.39 is 17.6 Å². The average Bonchev–Trinajstić information content (AvgIpc) is 3.44. The number of anilines is 1. The zero-order valence-corrected chi connectivity index (χ0v) is 21.1. The second-order valence-corrected chi connectivity index (χ2v) is 11.1. The van der Waals surface area contributed by atoms with Crippen molar-refractivity contribution in [2.75, 3.05) is 18.0 Å². The van der Waals surface area contributed by atoms with Crippen LogP contribution in [0.1, 0.15) is 56.6 Å². The normalized spacial score (nSPS) is 26.6. The number of aliphatic hydroxyl groups is 1. The molecule has 1 aliphatic heterocycles. The smallest absolute Gasteiger partial charge is 0.237 e. The largest absolute Gasteiger partial charge is 0.383 e. The summed E-state index contributed by atoms with van der Waals surface area (Å²) in [7, 11) is 0. The van der Waals surface area contributed by atoms with Crippen LogP contribution in [0.4, 0.5) is 5.69 Å². The van der Waals surface area contributed by atoms with Crippen LogP contribution in [0.2, 0.25) is 0 Å². The van der Waals surface area contributed by atoms with Crippen LogP contribution in [-0.2, 0) is 21.7 Å². The minimum atomic E-state index is -1.64. The molecule has 2 saturated carbocycles. The lowest BCUT2D eigenvalue weighted by Crippen LogP contribution is -2.58. The fourth-order valence-electron chi connectivity index (χ4n) is 7.00. The Bertz CT molecular complexity index is 1120. The fraction of sp³-hybridized carbons (Fsp3) is 0.517. The van der Waals surface area contributed by atoms with Crippen LogP contribution in [0.5, 0.6) is 0 Å². The van der Waals surface area contributed by atoms with Crippen molar-refractivity contribution in [1.29, 1.82) is 0 Å². The summed E-state index contributed by atoms with van der Waals surface area (Å²) in [6.07, 6.45) is 5.50. The zero-order chi connectivity index (χ0) is 25.5. The third-order valence-electron chi connectivity index (χ3n) is 8.77. The van der Waals surface area contributed by atoms with Gasteiger partial charge in [-0.15, -0.1) is 0 Å². The maximum absolute atomic E-state index is 13.3. The van der Waals surface area contributed by atoms with E-state index in [1.54, 1.807) is 6.92 Å². The summed E-state index contributed by atoms with van der Waals surface area (Å²) in [5.41, 5.74) is 12.5. The summed E-state index contributed by atoms with van der Waals surface area (Å²) in [6.45, 7) is 4.12. The lowest BCUT2D eigenvalue weighted by Gasteiger charge is -2.44. The van der Waals surface area contributed by atoms with Crippen LogP contribution in [0.25, 0.3) is 0 Å². The summed E-state index contributed by atoms with van der Waals surface area (Å²) in [5, 5.41) is 12.3. The van der Waals surface area contributed by atoms with Gasteiger partial charge in [0.2, 0.25) is 11.8 Å². The monoisotopic (exact) mass is 490 g/mol. The summed E-state index contributed by atoms with van der Waals surface area (Å²) in [5.74, 6) is -0.630. The van der Waals surface area contributed by atoms with E-state index in [9.17, 15) is 14.7 Å². The van der Waals surface area contributed by atoms with Crippen LogP contribution in [0.3, 0.4) is 0 Å². The molecule has 5 N–H and O–H groups in total. The minimum absolute atomic E-state index is 0.0647. The number of benzene rings is 2. The van der Waals surface area contributed by atoms with Gasteiger partial charge in [0.1, 0.15) is 11.6 Å². The van der Waals surface area contributed by atoms with E-state index in [0.717, 1.165) is 58.2 Å². The Morgan fingerprint density at radius 2 is 1.78 bits per heavy atom. The molecule has 7 nitrogen and oxygen atoms in total. The molecule has 36 heavy (non-hydrogen) atoms. The van der Waals surface area contributed by atoms with Gasteiger partial charge >= 0.3 is 0 Å². The Labute approximate surface area is 213 Å². The van der Waals surface area contributed by atoms with Gasteiger partial charge < -0.3 is 21.5 Å². The van der Waals surface area contributed by atoms with E-state index in [2.05, 4.69) is 17.0 Å². The minimum Gasteiger partial charge on any atom is -0.383 e. The van der Waals surface area contributed by atoms with Gasteiger partial charge in [-0.25, -0.2) is 0 Å². The number of fused-ring (bicyclic) bond motifs is 1. The highest BCUT2D eigenvalue weighted by molar-refractivity contribution is 5.95. The molecule has 0 spiro atoms. The SMILES string of the molecule is CC(=O)N(c1ccccc1C(O)(C1CCCCC1)C(N)C(N)=O)[C@@]12C[C@@H]1CN(Cc1ccccc1)C2. The van der Waals surface area contributed by atoms with Gasteiger partial charge in [0.15, 0.2) is 0 Å². The third kappa shape index (κ3) is 4.23. The first kappa shape index (κ1) is 24.9. The summed E-state index contributed by atoms with van der Waals surface area (Å²) in [6, 6.07) is 16.6. The molecule has 4 atom stereocenters. The summed E-state index contributed by atoms with van der Waals surface area (Å²) < 4.78 is 0. The second kappa shape index (κ2) is 9.61. The zero-order valence-electron chi connectivity index (χ0n) is 21.1. The van der Waals surface area contributed by atoms with E-state index >= 15 is 0 Å². The predicted molar refractivity (Wildman–Crippen MR) is 140 cm³/mol. The fourth-order valence-corrected chi connectivity index (χ4v) is 7.00. The van der Waals surface area contributed by atoms with Gasteiger partial charge in [0.05, 0.1) is 11.2 Å². The predicted octanol–water partition coefficient (Wildman–Crippen LogP) is 2.89. The number of nitrogens with zero attached hydrogens (tertiary/aromatic N) is 2. The number of para-hydroxylation sites is 1. The van der Waals surface area contributed by atoms with Crippen molar-refractivity contribution >= 4 is 17.5 Å². The van der Waals surface area contributed by atoms with Crippen molar-refractivity contribution in [1.82, 2.24) is 4.90 Å². The third-order valence-corrected chi connectivity index (χ3v) is 8.77. The summed E-state index contributed by atoms with van der Waals surface area (Å²) in [4.78, 5) is 30.0. The van der Waals surface area contributed by atoms with E-state index in [1.165, 1.54) is 5.56 Å². The number of carbonyl (C=O) groups excluding carboxylic acids is 2. The Kier molecular flexibility index (Phi) is 6.66. The van der Waals surface area contributed by atoms with E-state index in [-0.39, 0.29) is 17.4 Å². The number of likely N-dealkylation sites (tertiary alicyclic amines) is 1. The van der Waals surface area contributed by atoms with E-state index in [1.807, 2.05) is 47.4 Å². The molecule has 5 rings (SSSR count). The molecule has 0 bridgehead atoms. The Morgan fingerprint density at radius 3 is 2.44 bits per heavy atom. The van der Waals surface area contributed by atoms with Gasteiger partial charge in [-0.05, 0) is 42.7 Å². The lowest BCUT2D eigenvalue weighted by atomic mass is 9.69. The van der Waals surface area contributed by atoms with Crippen LogP contribution >= 0.6 is 0 Å². The topological polar surface area (TPSA) is 113 Å². The molecule has 1 saturated heterocycles. The highest BCUT2D eigenvalue weighted by Gasteiger charge is 2.65. The number of nitrogens with two attached hydrogens (primary N) is 2. The number of rotatable bonds is 8. The first-order valence-corrected chi connectivity index (χ1v) is 13.2. The molecule has 3 fully saturated rings. The van der Waals surface area contributed by atoms with Crippen molar-refractivity contribution in [3.05, 3.63) is 65.7 Å². The summed E-state index contributed by atoms with van der Waals surface area (Å²) >= 11 is 0. The maximum Gasteiger partial charge on any atom is 0.237 e. The number of piperidine rings is 1. The molecule has 192 valence electrons. The molecule has 2 aromatic carbocycles. The number of carbonyl (C=O) groups is 2. The van der Waals surface area contributed by atoms with Gasteiger partial charge in [0, 0.05) is 32.1 Å². The molecule has 0 radical (unpaired) electrons. The van der Waals surface area contributed by atoms with Crippen molar-refractivity contribution in [3.63, 3.8) is 0 Å². The molecule has 7 heteroatoms. The van der Waals surface area contributed by atoms with Crippen molar-refractivity contribution in [2.24, 2.45) is 23.3 Å². The van der Waals surface area contributed by atoms with Crippen LogP contribution in [0, 0.1) is 11.8 Å². The molecule has 1 heterocycles. The molecule has 3 aliphatic rings. The molecule has 2 unspecified atom stereocenters. The van der Waals surface area contributed by atoms with Gasteiger partial charge in [0.25, 0.3) is 0 Å². The molecule has 0 aromatic heterocycles. The first-order chi connectivity index (χ1) is 17.3. The number of amides is 2. The standard InChI is InChI=1S/C29H38N4O3/c1-20(34)33(28-16-23(28)18-32(19-28)17-21-10-4-2-5-11-21)25-15-9-8-14-24(25)29(36,26(30)27(31)35)22-12-6-3-7-13-22/h2,4-5,8-11,14-15,22-23,26,36H,3,6-7,12-13,16-19,30H2,1H3,(H2,31,35)/t23-,26?,28-,29?/m1/s1. The maximum atomic E-state index is 13.3. The Hall–Kier alpha value is -2.74. The van der Waals surface area contributed by atoms with Crippen LogP contribution in [0.15, 0.2) is 54.6 Å². The first-order valence-electron chi connectivity index (χ1n) is 13.2. The van der Waals surface area contributed by atoms with E-state index in [4.69, 9.17) is 11.5 Å². The molecular weight excluding hydrogens is 452 g/mol. The van der Waals surface area contributed by atoms with Gasteiger partial charge in [-0.3, -0.25) is 14.5 Å². The number of hydrogen-bond acceptors (Lipinski definition) is 5. The van der Waals surface area contributed by atoms with Crippen molar-refractivity contribution < 1.29 is 14.7 Å². The molecule has 2 aliphatic carbocycles. The highest BCUT2D eigenvalue weighted by atomic mass is 16.3. The molecular formula is C29H38N4O3. The van der Waals surface area contributed by atoms with Crippen LogP contribution < -0.4 is 16.4 Å². The average molecular weight is 491 g/mol. The van der Waals surface area contributed by atoms with Gasteiger partial charge in [-0.1, -0.05) is 67.8 Å². The van der Waals surface area contributed by atoms with Crippen LogP contribution in [-0.4, -0.2) is 46.5 Å².